The van der Waals surface area contributed by atoms with E-state index in [9.17, 15) is 9.18 Å². The third-order valence-electron chi connectivity index (χ3n) is 4.99. The second-order valence-electron chi connectivity index (χ2n) is 6.93. The second-order valence-corrected chi connectivity index (χ2v) is 6.93. The Morgan fingerprint density at radius 2 is 1.89 bits per heavy atom. The number of hydrogen-bond acceptors (Lipinski definition) is 3. The monoisotopic (exact) mass is 379 g/mol. The molecular weight excluding hydrogens is 357 g/mol. The van der Waals surface area contributed by atoms with Gasteiger partial charge in [-0.3, -0.25) is 9.67 Å². The summed E-state index contributed by atoms with van der Waals surface area (Å²) < 4.78 is 15.7. The van der Waals surface area contributed by atoms with Gasteiger partial charge in [-0.15, -0.1) is 0 Å². The fraction of sp³-hybridized carbons (Fsp3) is 0.286. The molecule has 1 aromatic carbocycles. The summed E-state index contributed by atoms with van der Waals surface area (Å²) in [5.41, 5.74) is 2.99. The smallest absolute Gasteiger partial charge is 0.319 e. The van der Waals surface area contributed by atoms with Crippen LogP contribution in [0.4, 0.5) is 14.9 Å². The third kappa shape index (κ3) is 4.03. The number of benzene rings is 1. The number of rotatable bonds is 5. The van der Waals surface area contributed by atoms with E-state index < -0.39 is 11.8 Å². The summed E-state index contributed by atoms with van der Waals surface area (Å²) in [6.45, 7) is 0.262. The Bertz CT molecular complexity index is 950. The molecule has 28 heavy (non-hydrogen) atoms. The zero-order valence-corrected chi connectivity index (χ0v) is 15.4. The summed E-state index contributed by atoms with van der Waals surface area (Å²) in [7, 11) is 0. The lowest BCUT2D eigenvalue weighted by atomic mass is 10.1. The molecule has 6 nitrogen and oxygen atoms in total. The number of nitrogens with zero attached hydrogens (tertiary/aromatic N) is 3. The molecule has 2 heterocycles. The Kier molecular flexibility index (Phi) is 5.32. The van der Waals surface area contributed by atoms with Gasteiger partial charge in [0.15, 0.2) is 0 Å². The third-order valence-corrected chi connectivity index (χ3v) is 4.99. The Labute approximate surface area is 162 Å². The van der Waals surface area contributed by atoms with Crippen molar-refractivity contribution >= 4 is 11.7 Å². The molecule has 1 aliphatic carbocycles. The van der Waals surface area contributed by atoms with Crippen molar-refractivity contribution in [3.05, 3.63) is 66.4 Å². The zero-order chi connectivity index (χ0) is 19.3. The van der Waals surface area contributed by atoms with Gasteiger partial charge in [-0.05, 0) is 43.2 Å². The highest BCUT2D eigenvalue weighted by molar-refractivity contribution is 5.89. The Morgan fingerprint density at radius 3 is 2.64 bits per heavy atom. The highest BCUT2D eigenvalue weighted by Gasteiger charge is 2.22. The summed E-state index contributed by atoms with van der Waals surface area (Å²) in [6, 6.07) is 11.9. The lowest BCUT2D eigenvalue weighted by Gasteiger charge is -2.14. The quantitative estimate of drug-likeness (QED) is 0.685. The van der Waals surface area contributed by atoms with Gasteiger partial charge in [-0.25, -0.2) is 9.18 Å². The molecule has 1 fully saturated rings. The highest BCUT2D eigenvalue weighted by atomic mass is 19.1. The molecule has 0 spiro atoms. The maximum atomic E-state index is 13.7. The van der Waals surface area contributed by atoms with Crippen molar-refractivity contribution in [2.24, 2.45) is 0 Å². The first-order chi connectivity index (χ1) is 13.7. The minimum absolute atomic E-state index is 0.147. The number of nitrogens with one attached hydrogen (secondary N) is 2. The Balaban J connectivity index is 1.49. The van der Waals surface area contributed by atoms with Gasteiger partial charge in [0, 0.05) is 18.0 Å². The molecule has 0 bridgehead atoms. The number of amides is 2. The number of halogens is 1. The van der Waals surface area contributed by atoms with Crippen LogP contribution >= 0.6 is 0 Å². The number of para-hydroxylation sites is 1. The molecule has 0 radical (unpaired) electrons. The van der Waals surface area contributed by atoms with E-state index in [1.807, 2.05) is 18.2 Å². The summed E-state index contributed by atoms with van der Waals surface area (Å²) in [5, 5.41) is 10.0. The van der Waals surface area contributed by atoms with Crippen molar-refractivity contribution in [2.75, 3.05) is 5.32 Å². The largest absolute Gasteiger partial charge is 0.332 e. The lowest BCUT2D eigenvalue weighted by Crippen LogP contribution is -2.28. The van der Waals surface area contributed by atoms with Gasteiger partial charge in [0.05, 0.1) is 29.7 Å². The summed E-state index contributed by atoms with van der Waals surface area (Å²) in [5.74, 6) is -0.469. The summed E-state index contributed by atoms with van der Waals surface area (Å²) in [4.78, 5) is 16.2. The topological polar surface area (TPSA) is 71.8 Å². The van der Waals surface area contributed by atoms with Crippen molar-refractivity contribution in [2.45, 2.75) is 38.3 Å². The van der Waals surface area contributed by atoms with Gasteiger partial charge in [-0.1, -0.05) is 25.0 Å². The van der Waals surface area contributed by atoms with Crippen LogP contribution in [0.5, 0.6) is 0 Å². The van der Waals surface area contributed by atoms with Crippen LogP contribution in [-0.2, 0) is 6.54 Å². The Hall–Kier alpha value is -3.22. The van der Waals surface area contributed by atoms with Gasteiger partial charge in [0.1, 0.15) is 5.82 Å². The van der Waals surface area contributed by atoms with Gasteiger partial charge in [0.2, 0.25) is 0 Å². The molecule has 4 rings (SSSR count). The molecule has 2 aromatic heterocycles. The van der Waals surface area contributed by atoms with Crippen molar-refractivity contribution in [1.29, 1.82) is 0 Å². The maximum absolute atomic E-state index is 13.7. The van der Waals surface area contributed by atoms with Crippen LogP contribution in [-0.4, -0.2) is 20.8 Å². The fourth-order valence-electron chi connectivity index (χ4n) is 3.60. The van der Waals surface area contributed by atoms with E-state index in [2.05, 4.69) is 20.3 Å². The molecule has 1 aliphatic rings. The Morgan fingerprint density at radius 1 is 1.14 bits per heavy atom. The van der Waals surface area contributed by atoms with Gasteiger partial charge in [-0.2, -0.15) is 5.10 Å². The average Bonchev–Trinajstić information content (AvgIpc) is 3.38. The van der Waals surface area contributed by atoms with Gasteiger partial charge in [0.25, 0.3) is 0 Å². The first-order valence-corrected chi connectivity index (χ1v) is 9.49. The highest BCUT2D eigenvalue weighted by Crippen LogP contribution is 2.33. The average molecular weight is 379 g/mol. The van der Waals surface area contributed by atoms with Crippen LogP contribution in [0.25, 0.3) is 11.3 Å². The molecule has 0 atom stereocenters. The van der Waals surface area contributed by atoms with E-state index in [-0.39, 0.29) is 12.2 Å². The van der Waals surface area contributed by atoms with Crippen LogP contribution in [0.2, 0.25) is 0 Å². The molecule has 0 saturated heterocycles. The molecule has 2 amide bonds. The van der Waals surface area contributed by atoms with E-state index in [1.165, 1.54) is 25.0 Å². The molecule has 144 valence electrons. The number of pyridine rings is 1. The van der Waals surface area contributed by atoms with Crippen molar-refractivity contribution in [3.63, 3.8) is 0 Å². The maximum Gasteiger partial charge on any atom is 0.319 e. The predicted molar refractivity (Wildman–Crippen MR) is 105 cm³/mol. The van der Waals surface area contributed by atoms with Crippen LogP contribution in [0, 0.1) is 5.82 Å². The number of anilines is 1. The second kappa shape index (κ2) is 8.21. The molecule has 3 aromatic rings. The van der Waals surface area contributed by atoms with Crippen molar-refractivity contribution in [1.82, 2.24) is 20.1 Å². The molecular formula is C21H22FN5O. The van der Waals surface area contributed by atoms with Crippen LogP contribution < -0.4 is 10.6 Å². The molecule has 0 unspecified atom stereocenters. The van der Waals surface area contributed by atoms with Crippen molar-refractivity contribution in [3.8, 4) is 11.3 Å². The van der Waals surface area contributed by atoms with Crippen LogP contribution in [0.1, 0.15) is 37.4 Å². The van der Waals surface area contributed by atoms with E-state index in [4.69, 9.17) is 5.10 Å². The van der Waals surface area contributed by atoms with Crippen LogP contribution in [0.3, 0.4) is 0 Å². The number of carbonyl (C=O) groups is 1. The number of hydrogen-bond donors (Lipinski definition) is 2. The molecule has 1 saturated carbocycles. The molecule has 2 N–H and O–H groups in total. The minimum atomic E-state index is -0.469. The van der Waals surface area contributed by atoms with Gasteiger partial charge < -0.3 is 10.6 Å². The standard InChI is InChI=1S/C21H22FN5O/c22-18-7-3-4-8-19(18)25-21(28)24-14-16-13-20(15-9-11-23-12-10-15)27(26-16)17-5-1-2-6-17/h3-4,7-13,17H,1-2,5-6,14H2,(H2,24,25,28). The first kappa shape index (κ1) is 18.2. The summed E-state index contributed by atoms with van der Waals surface area (Å²) in [6.07, 6.45) is 8.17. The molecule has 0 aliphatic heterocycles. The first-order valence-electron chi connectivity index (χ1n) is 9.49. The van der Waals surface area contributed by atoms with Gasteiger partial charge >= 0.3 is 6.03 Å². The number of carbonyl (C=O) groups excluding carboxylic acids is 1. The van der Waals surface area contributed by atoms with E-state index in [0.29, 0.717) is 6.04 Å². The number of aromatic nitrogens is 3. The van der Waals surface area contributed by atoms with E-state index in [0.717, 1.165) is 29.8 Å². The predicted octanol–water partition coefficient (Wildman–Crippen LogP) is 4.52. The van der Waals surface area contributed by atoms with E-state index >= 15 is 0 Å². The number of urea groups is 1. The SMILES string of the molecule is O=C(NCc1cc(-c2ccncc2)n(C2CCCC2)n1)Nc1ccccc1F. The summed E-state index contributed by atoms with van der Waals surface area (Å²) >= 11 is 0. The molecule has 7 heteroatoms. The minimum Gasteiger partial charge on any atom is -0.332 e. The fourth-order valence-corrected chi connectivity index (χ4v) is 3.60. The van der Waals surface area contributed by atoms with E-state index in [1.54, 1.807) is 24.5 Å². The normalized spacial score (nSPS) is 14.2. The van der Waals surface area contributed by atoms with Crippen LogP contribution in [0.15, 0.2) is 54.9 Å². The zero-order valence-electron chi connectivity index (χ0n) is 15.4. The lowest BCUT2D eigenvalue weighted by molar-refractivity contribution is 0.251. The van der Waals surface area contributed by atoms with Crippen molar-refractivity contribution < 1.29 is 9.18 Å².